The number of carbonyl (C=O) groups excluding carboxylic acids is 1. The van der Waals surface area contributed by atoms with Gasteiger partial charge in [0.05, 0.1) is 30.4 Å². The number of hydrogen-bond donors (Lipinski definition) is 0. The highest BCUT2D eigenvalue weighted by Crippen LogP contribution is 2.37. The van der Waals surface area contributed by atoms with E-state index in [1.54, 1.807) is 4.90 Å². The minimum Gasteiger partial charge on any atom is -0.493 e. The predicted molar refractivity (Wildman–Crippen MR) is 160 cm³/mol. The molecule has 0 N–H and O–H groups in total. The number of anilines is 1. The summed E-state index contributed by atoms with van der Waals surface area (Å²) in [6.45, 7) is 7.93. The van der Waals surface area contributed by atoms with Crippen LogP contribution in [0.15, 0.2) is 77.7 Å². The second-order valence-corrected chi connectivity index (χ2v) is 10.6. The molecule has 0 saturated carbocycles. The molecule has 0 unspecified atom stereocenters. The van der Waals surface area contributed by atoms with Gasteiger partial charge in [-0.15, -0.1) is 0 Å². The van der Waals surface area contributed by atoms with E-state index in [1.807, 2.05) is 73.7 Å². The molecule has 1 heterocycles. The first-order valence-electron chi connectivity index (χ1n) is 13.0. The van der Waals surface area contributed by atoms with E-state index >= 15 is 0 Å². The zero-order valence-electron chi connectivity index (χ0n) is 22.0. The van der Waals surface area contributed by atoms with Crippen LogP contribution in [0.3, 0.4) is 0 Å². The van der Waals surface area contributed by atoms with Crippen molar-refractivity contribution >= 4 is 46.0 Å². The number of nitrogens with zero attached hydrogens (tertiary/aromatic N) is 1. The van der Waals surface area contributed by atoms with Gasteiger partial charge in [-0.25, -0.2) is 0 Å². The normalized spacial score (nSPS) is 15.1. The number of ether oxygens (including phenoxy) is 3. The number of hydrogen-bond acceptors (Lipinski definition) is 6. The average Bonchev–Trinajstić information content (AvgIpc) is 3.22. The topological polar surface area (TPSA) is 48.0 Å². The van der Waals surface area contributed by atoms with E-state index in [-0.39, 0.29) is 5.91 Å². The Kier molecular flexibility index (Phi) is 9.85. The summed E-state index contributed by atoms with van der Waals surface area (Å²) in [4.78, 5) is 15.2. The molecule has 38 heavy (non-hydrogen) atoms. The lowest BCUT2D eigenvalue weighted by atomic mass is 9.99. The van der Waals surface area contributed by atoms with Crippen molar-refractivity contribution in [1.29, 1.82) is 0 Å². The summed E-state index contributed by atoms with van der Waals surface area (Å²) < 4.78 is 18.2. The highest BCUT2D eigenvalue weighted by molar-refractivity contribution is 8.27. The van der Waals surface area contributed by atoms with Crippen molar-refractivity contribution in [1.82, 2.24) is 0 Å². The van der Waals surface area contributed by atoms with Crippen LogP contribution in [0.1, 0.15) is 50.7 Å². The third kappa shape index (κ3) is 6.97. The van der Waals surface area contributed by atoms with Crippen LogP contribution in [0.5, 0.6) is 17.2 Å². The number of rotatable bonds is 12. The summed E-state index contributed by atoms with van der Waals surface area (Å²) in [6.07, 6.45) is 3.70. The van der Waals surface area contributed by atoms with Gasteiger partial charge in [-0.1, -0.05) is 74.2 Å². The molecule has 1 aliphatic heterocycles. The van der Waals surface area contributed by atoms with Gasteiger partial charge in [0.2, 0.25) is 0 Å². The lowest BCUT2D eigenvalue weighted by Gasteiger charge is -2.14. The molecule has 0 radical (unpaired) electrons. The smallest absolute Gasteiger partial charge is 0.270 e. The molecule has 1 saturated heterocycles. The molecular weight excluding hydrogens is 514 g/mol. The van der Waals surface area contributed by atoms with E-state index in [9.17, 15) is 4.79 Å². The second kappa shape index (κ2) is 13.5. The van der Waals surface area contributed by atoms with Gasteiger partial charge in [-0.2, -0.15) is 0 Å². The molecule has 7 heteroatoms. The average molecular weight is 548 g/mol. The molecule has 198 valence electrons. The van der Waals surface area contributed by atoms with Gasteiger partial charge in [0, 0.05) is 6.42 Å². The standard InChI is InChI=1S/C31H33NO4S2/c1-4-22(3)24-13-15-26(16-14-24)35-18-9-19-36-27-17-12-23(20-28(27)34-5-2)21-29-30(33)32(31(37)38-29)25-10-7-6-8-11-25/h6-8,10-17,20-22H,4-5,9,18-19H2,1-3H3/b29-21+/t22-/m1/s1. The van der Waals surface area contributed by atoms with E-state index < -0.39 is 0 Å². The van der Waals surface area contributed by atoms with Gasteiger partial charge in [-0.05, 0) is 72.9 Å². The van der Waals surface area contributed by atoms with Crippen LogP contribution in [0.4, 0.5) is 5.69 Å². The summed E-state index contributed by atoms with van der Waals surface area (Å²) in [6, 6.07) is 23.5. The van der Waals surface area contributed by atoms with Gasteiger partial charge in [0.1, 0.15) is 5.75 Å². The molecule has 3 aromatic rings. The Bertz CT molecular complexity index is 1270. The summed E-state index contributed by atoms with van der Waals surface area (Å²) in [5.74, 6) is 2.60. The minimum atomic E-state index is -0.126. The summed E-state index contributed by atoms with van der Waals surface area (Å²) in [7, 11) is 0. The lowest BCUT2D eigenvalue weighted by Crippen LogP contribution is -2.27. The number of thioether (sulfide) groups is 1. The summed E-state index contributed by atoms with van der Waals surface area (Å²) in [5, 5.41) is 0. The van der Waals surface area contributed by atoms with Crippen LogP contribution < -0.4 is 19.1 Å². The fourth-order valence-electron chi connectivity index (χ4n) is 3.98. The van der Waals surface area contributed by atoms with Crippen LogP contribution in [0.25, 0.3) is 6.08 Å². The number of benzene rings is 3. The Balaban J connectivity index is 1.34. The minimum absolute atomic E-state index is 0.126. The second-order valence-electron chi connectivity index (χ2n) is 8.92. The van der Waals surface area contributed by atoms with Gasteiger partial charge in [0.25, 0.3) is 5.91 Å². The van der Waals surface area contributed by atoms with Gasteiger partial charge in [0.15, 0.2) is 15.8 Å². The summed E-state index contributed by atoms with van der Waals surface area (Å²) >= 11 is 6.77. The maximum absolute atomic E-state index is 13.0. The van der Waals surface area contributed by atoms with Crippen molar-refractivity contribution < 1.29 is 19.0 Å². The molecule has 0 aromatic heterocycles. The monoisotopic (exact) mass is 547 g/mol. The molecule has 5 nitrogen and oxygen atoms in total. The largest absolute Gasteiger partial charge is 0.493 e. The molecule has 1 aliphatic rings. The molecule has 0 spiro atoms. The van der Waals surface area contributed by atoms with E-state index in [4.69, 9.17) is 26.4 Å². The molecule has 1 amide bonds. The van der Waals surface area contributed by atoms with Crippen molar-refractivity contribution in [3.8, 4) is 17.2 Å². The Morgan fingerprint density at radius 2 is 1.66 bits per heavy atom. The first kappa shape index (κ1) is 27.7. The number of carbonyl (C=O) groups is 1. The van der Waals surface area contributed by atoms with Crippen LogP contribution >= 0.6 is 24.0 Å². The van der Waals surface area contributed by atoms with Crippen molar-refractivity contribution in [2.45, 2.75) is 39.5 Å². The predicted octanol–water partition coefficient (Wildman–Crippen LogP) is 7.85. The van der Waals surface area contributed by atoms with E-state index in [0.29, 0.717) is 46.5 Å². The SMILES string of the molecule is CCOc1cc(/C=C2/SC(=S)N(c3ccccc3)C2=O)ccc1OCCCOc1ccc([C@H](C)CC)cc1. The third-order valence-electron chi connectivity index (χ3n) is 6.25. The summed E-state index contributed by atoms with van der Waals surface area (Å²) in [5.41, 5.74) is 2.95. The van der Waals surface area contributed by atoms with Crippen LogP contribution in [-0.4, -0.2) is 30.0 Å². The molecule has 1 atom stereocenters. The number of thiocarbonyl (C=S) groups is 1. The first-order chi connectivity index (χ1) is 18.5. The van der Waals surface area contributed by atoms with Crippen molar-refractivity contribution in [2.24, 2.45) is 0 Å². The highest BCUT2D eigenvalue weighted by Gasteiger charge is 2.33. The zero-order chi connectivity index (χ0) is 26.9. The fraction of sp³-hybridized carbons (Fsp3) is 0.290. The van der Waals surface area contributed by atoms with E-state index in [2.05, 4.69) is 26.0 Å². The Labute approximate surface area is 234 Å². The number of amides is 1. The highest BCUT2D eigenvalue weighted by atomic mass is 32.2. The van der Waals surface area contributed by atoms with Gasteiger partial charge >= 0.3 is 0 Å². The molecule has 0 aliphatic carbocycles. The molecule has 4 rings (SSSR count). The fourth-order valence-corrected chi connectivity index (χ4v) is 5.28. The van der Waals surface area contributed by atoms with E-state index in [1.165, 1.54) is 17.3 Å². The van der Waals surface area contributed by atoms with Crippen molar-refractivity contribution in [2.75, 3.05) is 24.7 Å². The molecule has 3 aromatic carbocycles. The van der Waals surface area contributed by atoms with Crippen LogP contribution in [-0.2, 0) is 4.79 Å². The molecule has 0 bridgehead atoms. The Hall–Kier alpha value is -3.29. The maximum Gasteiger partial charge on any atom is 0.270 e. The first-order valence-corrected chi connectivity index (χ1v) is 14.2. The number of para-hydroxylation sites is 1. The van der Waals surface area contributed by atoms with Gasteiger partial charge in [-0.3, -0.25) is 9.69 Å². The quantitative estimate of drug-likeness (QED) is 0.131. The van der Waals surface area contributed by atoms with Crippen LogP contribution in [0, 0.1) is 0 Å². The van der Waals surface area contributed by atoms with E-state index in [0.717, 1.165) is 29.8 Å². The Morgan fingerprint density at radius 3 is 2.37 bits per heavy atom. The molecular formula is C31H33NO4S2. The Morgan fingerprint density at radius 1 is 0.921 bits per heavy atom. The molecule has 1 fully saturated rings. The lowest BCUT2D eigenvalue weighted by molar-refractivity contribution is -0.113. The third-order valence-corrected chi connectivity index (χ3v) is 7.55. The van der Waals surface area contributed by atoms with Crippen molar-refractivity contribution in [3.05, 3.63) is 88.8 Å². The maximum atomic E-state index is 13.0. The van der Waals surface area contributed by atoms with Crippen LogP contribution in [0.2, 0.25) is 0 Å². The van der Waals surface area contributed by atoms with Gasteiger partial charge < -0.3 is 14.2 Å². The zero-order valence-corrected chi connectivity index (χ0v) is 23.6. The van der Waals surface area contributed by atoms with Crippen molar-refractivity contribution in [3.63, 3.8) is 0 Å².